The molecule has 1 aromatic carbocycles. The smallest absolute Gasteiger partial charge is 0.320 e. The number of nitrogens with zero attached hydrogens (tertiary/aromatic N) is 2. The molecule has 3 aliphatic rings. The van der Waals surface area contributed by atoms with Crippen LogP contribution < -0.4 is 5.32 Å². The summed E-state index contributed by atoms with van der Waals surface area (Å²) in [6, 6.07) is 11.1. The number of ether oxygens (including phenoxy) is 2. The van der Waals surface area contributed by atoms with E-state index in [-0.39, 0.29) is 11.4 Å². The van der Waals surface area contributed by atoms with Gasteiger partial charge in [-0.1, -0.05) is 30.3 Å². The lowest BCUT2D eigenvalue weighted by Crippen LogP contribution is -2.53. The number of benzene rings is 1. The van der Waals surface area contributed by atoms with Crippen LogP contribution in [0.2, 0.25) is 0 Å². The number of piperidine rings is 2. The molecular formula is C25H39N3O3. The quantitative estimate of drug-likeness (QED) is 0.689. The molecule has 2 aliphatic heterocycles. The summed E-state index contributed by atoms with van der Waals surface area (Å²) < 4.78 is 11.1. The number of nitrogens with one attached hydrogen (secondary N) is 1. The molecule has 0 radical (unpaired) electrons. The second-order valence-electron chi connectivity index (χ2n) is 9.77. The van der Waals surface area contributed by atoms with Gasteiger partial charge in [0.25, 0.3) is 0 Å². The van der Waals surface area contributed by atoms with Crippen LogP contribution in [0, 0.1) is 11.3 Å². The van der Waals surface area contributed by atoms with Gasteiger partial charge in [-0.15, -0.1) is 0 Å². The molecule has 1 saturated carbocycles. The zero-order valence-corrected chi connectivity index (χ0v) is 19.2. The Hall–Kier alpha value is -1.63. The summed E-state index contributed by atoms with van der Waals surface area (Å²) in [4.78, 5) is 17.0. The van der Waals surface area contributed by atoms with Crippen molar-refractivity contribution in [2.75, 3.05) is 60.1 Å². The Labute approximate surface area is 187 Å². The highest BCUT2D eigenvalue weighted by Gasteiger charge is 2.40. The van der Waals surface area contributed by atoms with E-state index < -0.39 is 0 Å². The maximum atomic E-state index is 13.0. The molecule has 2 heterocycles. The normalized spacial score (nSPS) is 26.1. The molecule has 3 fully saturated rings. The first kappa shape index (κ1) is 22.6. The zero-order valence-electron chi connectivity index (χ0n) is 19.2. The minimum Gasteiger partial charge on any atom is -0.384 e. The van der Waals surface area contributed by atoms with Gasteiger partial charge in [-0.2, -0.15) is 0 Å². The van der Waals surface area contributed by atoms with Gasteiger partial charge in [-0.05, 0) is 56.0 Å². The van der Waals surface area contributed by atoms with E-state index in [9.17, 15) is 4.79 Å². The molecule has 1 aliphatic carbocycles. The maximum Gasteiger partial charge on any atom is 0.320 e. The number of methoxy groups -OCH3 is 2. The summed E-state index contributed by atoms with van der Waals surface area (Å²) in [6.07, 6.45) is 5.48. The van der Waals surface area contributed by atoms with E-state index in [0.29, 0.717) is 12.0 Å². The molecule has 6 heteroatoms. The van der Waals surface area contributed by atoms with Crippen molar-refractivity contribution in [1.29, 1.82) is 0 Å². The van der Waals surface area contributed by atoms with E-state index in [2.05, 4.69) is 35.6 Å². The van der Waals surface area contributed by atoms with Gasteiger partial charge >= 0.3 is 6.03 Å². The van der Waals surface area contributed by atoms with Gasteiger partial charge in [-0.3, -0.25) is 0 Å². The first-order chi connectivity index (χ1) is 15.1. The number of carbonyl (C=O) groups is 1. The third kappa shape index (κ3) is 5.60. The summed E-state index contributed by atoms with van der Waals surface area (Å²) >= 11 is 0. The summed E-state index contributed by atoms with van der Waals surface area (Å²) in [6.45, 7) is 6.07. The van der Waals surface area contributed by atoms with Crippen LogP contribution in [0.15, 0.2) is 30.3 Å². The highest BCUT2D eigenvalue weighted by atomic mass is 16.5. The second-order valence-corrected chi connectivity index (χ2v) is 9.77. The molecule has 0 bridgehead atoms. The summed E-state index contributed by atoms with van der Waals surface area (Å²) in [7, 11) is 3.56. The molecule has 0 spiro atoms. The Kier molecular flexibility index (Phi) is 7.51. The average molecular weight is 430 g/mol. The van der Waals surface area contributed by atoms with Crippen molar-refractivity contribution in [3.05, 3.63) is 35.9 Å². The van der Waals surface area contributed by atoms with Crippen molar-refractivity contribution in [1.82, 2.24) is 15.1 Å². The molecule has 1 N–H and O–H groups in total. The molecule has 172 valence electrons. The Balaban J connectivity index is 1.22. The molecule has 2 amide bonds. The van der Waals surface area contributed by atoms with Gasteiger partial charge < -0.3 is 24.6 Å². The third-order valence-corrected chi connectivity index (χ3v) is 7.65. The van der Waals surface area contributed by atoms with Gasteiger partial charge in [0.2, 0.25) is 0 Å². The van der Waals surface area contributed by atoms with Crippen LogP contribution in [0.3, 0.4) is 0 Å². The molecule has 31 heavy (non-hydrogen) atoms. The van der Waals surface area contributed by atoms with E-state index in [1.165, 1.54) is 12.0 Å². The standard InChI is InChI=1S/C25H39N3O3/c1-30-19-25(18-26-17-21-16-23(21)20-6-4-3-5-7-20)10-14-28(15-11-25)24(29)27-12-8-22(31-2)9-13-27/h3-7,21-23,26H,8-19H2,1-2H3/t21-,23?/m0/s1. The highest BCUT2D eigenvalue weighted by molar-refractivity contribution is 5.74. The van der Waals surface area contributed by atoms with Crippen molar-refractivity contribution < 1.29 is 14.3 Å². The fourth-order valence-corrected chi connectivity index (χ4v) is 5.44. The van der Waals surface area contributed by atoms with Crippen LogP contribution in [0.5, 0.6) is 0 Å². The SMILES string of the molecule is COCC1(CNC[C@@H]2CC2c2ccccc2)CCN(C(=O)N2CCC(OC)CC2)CC1. The third-order valence-electron chi connectivity index (χ3n) is 7.65. The number of urea groups is 1. The Bertz CT molecular complexity index is 697. The largest absolute Gasteiger partial charge is 0.384 e. The molecule has 0 aromatic heterocycles. The van der Waals surface area contributed by atoms with E-state index in [1.807, 2.05) is 9.80 Å². The molecule has 2 saturated heterocycles. The van der Waals surface area contributed by atoms with Gasteiger partial charge in [0, 0.05) is 52.4 Å². The lowest BCUT2D eigenvalue weighted by molar-refractivity contribution is 0.0176. The van der Waals surface area contributed by atoms with Crippen molar-refractivity contribution in [3.8, 4) is 0 Å². The number of carbonyl (C=O) groups excluding carboxylic acids is 1. The number of amides is 2. The van der Waals surface area contributed by atoms with Crippen molar-refractivity contribution in [2.24, 2.45) is 11.3 Å². The number of hydrogen-bond acceptors (Lipinski definition) is 4. The average Bonchev–Trinajstić information content (AvgIpc) is 3.60. The lowest BCUT2D eigenvalue weighted by atomic mass is 9.79. The minimum atomic E-state index is 0.131. The summed E-state index contributed by atoms with van der Waals surface area (Å²) in [5.41, 5.74) is 1.60. The van der Waals surface area contributed by atoms with Gasteiger partial charge in [-0.25, -0.2) is 4.79 Å². The van der Waals surface area contributed by atoms with Crippen LogP contribution >= 0.6 is 0 Å². The monoisotopic (exact) mass is 429 g/mol. The Morgan fingerprint density at radius 3 is 2.39 bits per heavy atom. The number of likely N-dealkylation sites (tertiary alicyclic amines) is 2. The predicted molar refractivity (Wildman–Crippen MR) is 122 cm³/mol. The maximum absolute atomic E-state index is 13.0. The van der Waals surface area contributed by atoms with Gasteiger partial charge in [0.15, 0.2) is 0 Å². The fourth-order valence-electron chi connectivity index (χ4n) is 5.44. The summed E-state index contributed by atoms with van der Waals surface area (Å²) in [5.74, 6) is 1.47. The topological polar surface area (TPSA) is 54.0 Å². The molecule has 2 atom stereocenters. The fraction of sp³-hybridized carbons (Fsp3) is 0.720. The highest BCUT2D eigenvalue weighted by Crippen LogP contribution is 2.47. The van der Waals surface area contributed by atoms with E-state index in [1.54, 1.807) is 14.2 Å². The van der Waals surface area contributed by atoms with Crippen LogP contribution in [-0.2, 0) is 9.47 Å². The molecular weight excluding hydrogens is 390 g/mol. The summed E-state index contributed by atoms with van der Waals surface area (Å²) in [5, 5.41) is 3.75. The van der Waals surface area contributed by atoms with Crippen LogP contribution in [0.25, 0.3) is 0 Å². The van der Waals surface area contributed by atoms with Crippen molar-refractivity contribution >= 4 is 6.03 Å². The second kappa shape index (κ2) is 10.3. The first-order valence-electron chi connectivity index (χ1n) is 12.0. The minimum absolute atomic E-state index is 0.131. The molecule has 6 nitrogen and oxygen atoms in total. The van der Waals surface area contributed by atoms with Crippen LogP contribution in [-0.4, -0.2) is 82.0 Å². The number of hydrogen-bond donors (Lipinski definition) is 1. The molecule has 4 rings (SSSR count). The zero-order chi connectivity index (χ0) is 21.7. The van der Waals surface area contributed by atoms with E-state index in [0.717, 1.165) is 77.5 Å². The van der Waals surface area contributed by atoms with E-state index in [4.69, 9.17) is 9.47 Å². The van der Waals surface area contributed by atoms with Gasteiger partial charge in [0.1, 0.15) is 0 Å². The van der Waals surface area contributed by atoms with Crippen LogP contribution in [0.1, 0.15) is 43.6 Å². The van der Waals surface area contributed by atoms with Crippen molar-refractivity contribution in [2.45, 2.75) is 44.1 Å². The van der Waals surface area contributed by atoms with Gasteiger partial charge in [0.05, 0.1) is 12.7 Å². The van der Waals surface area contributed by atoms with E-state index >= 15 is 0 Å². The predicted octanol–water partition coefficient (Wildman–Crippen LogP) is 3.34. The molecule has 1 unspecified atom stereocenters. The van der Waals surface area contributed by atoms with Crippen LogP contribution in [0.4, 0.5) is 4.79 Å². The van der Waals surface area contributed by atoms with Crippen molar-refractivity contribution in [3.63, 3.8) is 0 Å². The Morgan fingerprint density at radius 2 is 1.74 bits per heavy atom. The first-order valence-corrected chi connectivity index (χ1v) is 12.0. The molecule has 1 aromatic rings. The lowest BCUT2D eigenvalue weighted by Gasteiger charge is -2.43. The Morgan fingerprint density at radius 1 is 1.06 bits per heavy atom. The number of rotatable bonds is 8.